The van der Waals surface area contributed by atoms with Gasteiger partial charge in [-0.1, -0.05) is 25.0 Å². The van der Waals surface area contributed by atoms with Crippen molar-refractivity contribution in [3.8, 4) is 0 Å². The number of nitrogens with one attached hydrogen (secondary N) is 2. The first kappa shape index (κ1) is 24.0. The average Bonchev–Trinajstić information content (AvgIpc) is 3.22. The Balaban J connectivity index is 1.09. The van der Waals surface area contributed by atoms with E-state index in [0.717, 1.165) is 37.7 Å². The fourth-order valence-corrected chi connectivity index (χ4v) is 7.29. The lowest BCUT2D eigenvalue weighted by atomic mass is 9.78. The van der Waals surface area contributed by atoms with Crippen molar-refractivity contribution in [1.82, 2.24) is 15.5 Å². The van der Waals surface area contributed by atoms with Crippen LogP contribution in [0, 0.1) is 11.3 Å². The van der Waals surface area contributed by atoms with Crippen molar-refractivity contribution in [1.29, 1.82) is 0 Å². The minimum Gasteiger partial charge on any atom is -0.322 e. The molecule has 6 nitrogen and oxygen atoms in total. The normalized spacial score (nSPS) is 35.6. The molecule has 4 fully saturated rings. The van der Waals surface area contributed by atoms with Crippen LogP contribution < -0.4 is 10.6 Å². The maximum absolute atomic E-state index is 13.8. The molecule has 3 amide bonds. The Labute approximate surface area is 210 Å². The molecule has 0 bridgehead atoms. The largest absolute Gasteiger partial charge is 0.322 e. The van der Waals surface area contributed by atoms with E-state index in [1.54, 1.807) is 4.90 Å². The van der Waals surface area contributed by atoms with Crippen LogP contribution in [0.25, 0.3) is 0 Å². The van der Waals surface area contributed by atoms with Crippen LogP contribution in [0.15, 0.2) is 18.2 Å². The maximum atomic E-state index is 13.8. The number of carbonyl (C=O) groups is 3. The predicted molar refractivity (Wildman–Crippen MR) is 129 cm³/mol. The molecular formula is C28H35F2N3O3. The highest BCUT2D eigenvalue weighted by Gasteiger charge is 2.70. The van der Waals surface area contributed by atoms with Gasteiger partial charge < -0.3 is 10.2 Å². The van der Waals surface area contributed by atoms with Crippen LogP contribution in [0.4, 0.5) is 8.78 Å². The number of nitrogens with zero attached hydrogens (tertiary/aromatic N) is 1. The van der Waals surface area contributed by atoms with Crippen LogP contribution in [-0.2, 0) is 22.6 Å². The number of imide groups is 1. The monoisotopic (exact) mass is 499 g/mol. The summed E-state index contributed by atoms with van der Waals surface area (Å²) >= 11 is 0. The molecule has 1 aromatic rings. The van der Waals surface area contributed by atoms with Crippen molar-refractivity contribution >= 4 is 17.7 Å². The van der Waals surface area contributed by atoms with Gasteiger partial charge in [0.1, 0.15) is 6.04 Å². The minimum atomic E-state index is -2.44. The lowest BCUT2D eigenvalue weighted by molar-refractivity contribution is -0.136. The van der Waals surface area contributed by atoms with E-state index in [2.05, 4.69) is 16.7 Å². The number of halogens is 2. The lowest BCUT2D eigenvalue weighted by Gasteiger charge is -2.38. The van der Waals surface area contributed by atoms with E-state index in [1.165, 1.54) is 18.4 Å². The van der Waals surface area contributed by atoms with E-state index in [9.17, 15) is 23.2 Å². The number of hydrogen-bond donors (Lipinski definition) is 2. The van der Waals surface area contributed by atoms with Gasteiger partial charge in [-0.3, -0.25) is 19.7 Å². The maximum Gasteiger partial charge on any atom is 0.255 e. The molecule has 3 atom stereocenters. The van der Waals surface area contributed by atoms with Crippen molar-refractivity contribution in [3.63, 3.8) is 0 Å². The first-order valence-corrected chi connectivity index (χ1v) is 13.7. The number of fused-ring (bicyclic) bond motifs is 1. The van der Waals surface area contributed by atoms with Gasteiger partial charge in [-0.05, 0) is 74.5 Å². The zero-order valence-corrected chi connectivity index (χ0v) is 20.7. The Morgan fingerprint density at radius 1 is 1.03 bits per heavy atom. The number of benzene rings is 1. The Bertz CT molecular complexity index is 1080. The summed E-state index contributed by atoms with van der Waals surface area (Å²) in [6, 6.07) is 6.17. The van der Waals surface area contributed by atoms with Gasteiger partial charge in [0, 0.05) is 42.4 Å². The first-order valence-electron chi connectivity index (χ1n) is 13.7. The van der Waals surface area contributed by atoms with Gasteiger partial charge in [0.2, 0.25) is 11.8 Å². The second-order valence-corrected chi connectivity index (χ2v) is 11.8. The molecule has 2 N–H and O–H groups in total. The fourth-order valence-electron chi connectivity index (χ4n) is 7.29. The summed E-state index contributed by atoms with van der Waals surface area (Å²) in [5.74, 6) is -2.76. The fraction of sp³-hybridized carbons (Fsp3) is 0.679. The van der Waals surface area contributed by atoms with Crippen molar-refractivity contribution in [3.05, 3.63) is 34.9 Å². The Hall–Kier alpha value is -2.35. The van der Waals surface area contributed by atoms with Crippen LogP contribution in [-0.4, -0.2) is 46.7 Å². The van der Waals surface area contributed by atoms with E-state index >= 15 is 0 Å². The van der Waals surface area contributed by atoms with Gasteiger partial charge in [0.25, 0.3) is 11.8 Å². The molecule has 2 aliphatic heterocycles. The van der Waals surface area contributed by atoms with Gasteiger partial charge in [0.15, 0.2) is 0 Å². The van der Waals surface area contributed by atoms with Crippen molar-refractivity contribution < 1.29 is 23.2 Å². The molecule has 2 heterocycles. The van der Waals surface area contributed by atoms with Crippen LogP contribution in [0.3, 0.4) is 0 Å². The average molecular weight is 500 g/mol. The topological polar surface area (TPSA) is 78.5 Å². The summed E-state index contributed by atoms with van der Waals surface area (Å²) in [7, 11) is 0. The van der Waals surface area contributed by atoms with Gasteiger partial charge in [-0.2, -0.15) is 0 Å². The third-order valence-electron chi connectivity index (χ3n) is 9.60. The molecule has 1 spiro atoms. The molecule has 5 aliphatic rings. The molecule has 3 saturated carbocycles. The third kappa shape index (κ3) is 4.25. The van der Waals surface area contributed by atoms with E-state index in [1.807, 2.05) is 12.1 Å². The molecule has 0 aromatic heterocycles. The van der Waals surface area contributed by atoms with E-state index < -0.39 is 17.4 Å². The first-order chi connectivity index (χ1) is 17.2. The summed E-state index contributed by atoms with van der Waals surface area (Å²) in [4.78, 5) is 38.4. The van der Waals surface area contributed by atoms with Crippen molar-refractivity contribution in [2.24, 2.45) is 11.3 Å². The molecule has 1 unspecified atom stereocenters. The summed E-state index contributed by atoms with van der Waals surface area (Å²) in [6.45, 7) is 0.398. The molecule has 6 rings (SSSR count). The zero-order chi connectivity index (χ0) is 25.1. The highest BCUT2D eigenvalue weighted by atomic mass is 19.3. The van der Waals surface area contributed by atoms with Crippen LogP contribution >= 0.6 is 0 Å². The quantitative estimate of drug-likeness (QED) is 0.598. The highest BCUT2D eigenvalue weighted by molar-refractivity contribution is 6.05. The molecule has 3 aliphatic carbocycles. The smallest absolute Gasteiger partial charge is 0.255 e. The third-order valence-corrected chi connectivity index (χ3v) is 9.60. The molecular weight excluding hydrogens is 464 g/mol. The summed E-state index contributed by atoms with van der Waals surface area (Å²) in [5.41, 5.74) is 2.10. The van der Waals surface area contributed by atoms with E-state index in [0.29, 0.717) is 49.4 Å². The number of hydrogen-bond acceptors (Lipinski definition) is 4. The lowest BCUT2D eigenvalue weighted by Crippen LogP contribution is -2.52. The number of alkyl halides is 2. The Kier molecular flexibility index (Phi) is 5.93. The Morgan fingerprint density at radius 2 is 1.78 bits per heavy atom. The number of amides is 3. The second-order valence-electron chi connectivity index (χ2n) is 11.8. The highest BCUT2D eigenvalue weighted by Crippen LogP contribution is 2.67. The molecule has 0 radical (unpaired) electrons. The summed E-state index contributed by atoms with van der Waals surface area (Å²) in [6.07, 6.45) is 9.25. The zero-order valence-electron chi connectivity index (χ0n) is 20.7. The van der Waals surface area contributed by atoms with E-state index in [-0.39, 0.29) is 30.6 Å². The van der Waals surface area contributed by atoms with Crippen LogP contribution in [0.2, 0.25) is 0 Å². The van der Waals surface area contributed by atoms with Gasteiger partial charge >= 0.3 is 0 Å². The molecule has 194 valence electrons. The molecule has 36 heavy (non-hydrogen) atoms. The molecule has 8 heteroatoms. The molecule has 1 saturated heterocycles. The van der Waals surface area contributed by atoms with Crippen molar-refractivity contribution in [2.45, 2.75) is 108 Å². The van der Waals surface area contributed by atoms with E-state index in [4.69, 9.17) is 0 Å². The van der Waals surface area contributed by atoms with Crippen molar-refractivity contribution in [2.75, 3.05) is 0 Å². The van der Waals surface area contributed by atoms with Gasteiger partial charge in [-0.15, -0.1) is 0 Å². The van der Waals surface area contributed by atoms with Crippen LogP contribution in [0.1, 0.15) is 92.1 Å². The standard InChI is InChI=1S/C28H35F2N3O3/c29-28(30)16-27(28)11-9-20(10-12-27)31-22-4-2-1-3-18(22)13-17-5-6-21-19(14-17)15-33(26(21)36)23-7-8-24(34)32-25(23)35/h5-6,14,18,20,22-23,31H,1-4,7-13,15-16H2,(H,32,34,35)/t18-,20?,22+,23?,27?/m1/s1. The number of rotatable bonds is 5. The Morgan fingerprint density at radius 3 is 2.50 bits per heavy atom. The summed E-state index contributed by atoms with van der Waals surface area (Å²) < 4.78 is 27.5. The number of carbonyl (C=O) groups excluding carboxylic acids is 3. The number of piperidine rings is 1. The molecule has 1 aromatic carbocycles. The summed E-state index contributed by atoms with van der Waals surface area (Å²) in [5, 5.41) is 6.21. The van der Waals surface area contributed by atoms with Crippen LogP contribution in [0.5, 0.6) is 0 Å². The van der Waals surface area contributed by atoms with Gasteiger partial charge in [-0.25, -0.2) is 8.78 Å². The SMILES string of the molecule is O=C1CCC(N2Cc3cc(C[C@H]4CCCC[C@@H]4NC4CCC5(CC4)CC5(F)F)ccc3C2=O)C(=O)N1. The van der Waals surface area contributed by atoms with Gasteiger partial charge in [0.05, 0.1) is 0 Å². The predicted octanol–water partition coefficient (Wildman–Crippen LogP) is 4.11. The minimum absolute atomic E-state index is 0.0839. The second kappa shape index (κ2) is 8.89.